The minimum Gasteiger partial charge on any atom is -0.388 e. The van der Waals surface area contributed by atoms with Gasteiger partial charge in [-0.1, -0.05) is 65.1 Å². The topological polar surface area (TPSA) is 100 Å². The number of rotatable bonds is 13. The molecule has 0 radical (unpaired) electrons. The summed E-state index contributed by atoms with van der Waals surface area (Å²) >= 11 is 1.19. The fourth-order valence-electron chi connectivity index (χ4n) is 3.69. The summed E-state index contributed by atoms with van der Waals surface area (Å²) in [4.78, 5) is 38.5. The SMILES string of the molecule is C1CCNC1.C=C(C=O)S/C=C1\CC(=O)CC=N1.CC(C)CCN(C)CCC(C)C.CCCNc1cc(C=O)ccc1C.COC. The lowest BCUT2D eigenvalue weighted by Crippen LogP contribution is -2.23. The van der Waals surface area contributed by atoms with Gasteiger partial charge in [0.05, 0.1) is 5.70 Å². The summed E-state index contributed by atoms with van der Waals surface area (Å²) in [6.07, 6.45) is 10.4. The standard InChI is InChI=1S/C11H15NO.C11H25N.C9H9NO2S.C4H9N.C2H6O/c1-3-6-12-11-7-10(8-13)5-4-9(11)2;1-10(2)6-8-12(5)9-7-11(3)4;1-7(5-11)13-6-8-4-9(12)2-3-10-8;1-2-4-5-3-1;1-3-2/h4-5,7-8,12H,3,6H2,1-2H3;10-11H,6-9H2,1-5H3;3,5-6H,1-2,4H2;5H,1-4H2;1-2H3/b;;8-6+;;. The number of aldehydes is 2. The molecule has 1 saturated heterocycles. The van der Waals surface area contributed by atoms with Crippen molar-refractivity contribution in [3.8, 4) is 0 Å². The van der Waals surface area contributed by atoms with Crippen molar-refractivity contribution in [3.63, 3.8) is 0 Å². The molecule has 0 atom stereocenters. The van der Waals surface area contributed by atoms with E-state index >= 15 is 0 Å². The largest absolute Gasteiger partial charge is 0.388 e. The van der Waals surface area contributed by atoms with Gasteiger partial charge in [-0.15, -0.1) is 0 Å². The molecule has 0 amide bonds. The predicted molar refractivity (Wildman–Crippen MR) is 200 cm³/mol. The Bertz CT molecular complexity index is 1000. The van der Waals surface area contributed by atoms with Gasteiger partial charge in [0.2, 0.25) is 0 Å². The second kappa shape index (κ2) is 31.0. The van der Waals surface area contributed by atoms with E-state index in [9.17, 15) is 14.4 Å². The molecule has 9 heteroatoms. The highest BCUT2D eigenvalue weighted by atomic mass is 32.2. The number of allylic oxidation sites excluding steroid dienone is 2. The summed E-state index contributed by atoms with van der Waals surface area (Å²) in [5.41, 5.74) is 3.67. The van der Waals surface area contributed by atoms with E-state index in [1.54, 1.807) is 25.8 Å². The number of ketones is 1. The number of hydrogen-bond donors (Lipinski definition) is 2. The van der Waals surface area contributed by atoms with Crippen LogP contribution in [0.15, 0.2) is 45.8 Å². The van der Waals surface area contributed by atoms with E-state index in [2.05, 4.69) is 73.5 Å². The molecule has 0 bridgehead atoms. The lowest BCUT2D eigenvalue weighted by molar-refractivity contribution is -0.117. The number of hydrogen-bond acceptors (Lipinski definition) is 9. The van der Waals surface area contributed by atoms with Crippen LogP contribution in [-0.2, 0) is 14.3 Å². The van der Waals surface area contributed by atoms with E-state index in [0.717, 1.165) is 42.3 Å². The fraction of sp³-hybridized carbons (Fsp3) is 0.622. The summed E-state index contributed by atoms with van der Waals surface area (Å²) in [6, 6.07) is 5.68. The molecular weight excluding hydrogens is 596 g/mol. The molecule has 2 aliphatic heterocycles. The van der Waals surface area contributed by atoms with E-state index in [-0.39, 0.29) is 5.78 Å². The molecule has 2 heterocycles. The quantitative estimate of drug-likeness (QED) is 0.162. The number of Topliss-reactive ketones (excluding diaryl/α,β-unsaturated/α-hetero) is 1. The molecule has 1 aromatic carbocycles. The van der Waals surface area contributed by atoms with Crippen molar-refractivity contribution in [1.29, 1.82) is 0 Å². The van der Waals surface area contributed by atoms with E-state index in [4.69, 9.17) is 0 Å². The van der Waals surface area contributed by atoms with Crippen LogP contribution in [0.5, 0.6) is 0 Å². The summed E-state index contributed by atoms with van der Waals surface area (Å²) in [6.45, 7) is 22.7. The van der Waals surface area contributed by atoms with Crippen LogP contribution in [0, 0.1) is 18.8 Å². The van der Waals surface area contributed by atoms with E-state index < -0.39 is 0 Å². The normalized spacial score (nSPS) is 14.3. The Hall–Kier alpha value is -2.59. The minimum absolute atomic E-state index is 0.151. The highest BCUT2D eigenvalue weighted by Crippen LogP contribution is 2.19. The number of aryl methyl sites for hydroxylation is 1. The lowest BCUT2D eigenvalue weighted by Gasteiger charge is -2.18. The zero-order valence-corrected chi connectivity index (χ0v) is 31.1. The van der Waals surface area contributed by atoms with Gasteiger partial charge in [0.15, 0.2) is 6.29 Å². The Morgan fingerprint density at radius 1 is 1.11 bits per heavy atom. The van der Waals surface area contributed by atoms with Gasteiger partial charge in [0.1, 0.15) is 12.1 Å². The Morgan fingerprint density at radius 3 is 2.13 bits per heavy atom. The number of nitrogens with one attached hydrogen (secondary N) is 2. The first-order chi connectivity index (χ1) is 21.9. The van der Waals surface area contributed by atoms with Crippen molar-refractivity contribution in [3.05, 3.63) is 51.9 Å². The third kappa shape index (κ3) is 28.9. The number of anilines is 1. The number of thioether (sulfide) groups is 1. The molecule has 46 heavy (non-hydrogen) atoms. The van der Waals surface area contributed by atoms with Crippen molar-refractivity contribution in [1.82, 2.24) is 10.2 Å². The monoisotopic (exact) mass is 660 g/mol. The van der Waals surface area contributed by atoms with Crippen LogP contribution in [0.1, 0.15) is 95.5 Å². The van der Waals surface area contributed by atoms with Crippen LogP contribution < -0.4 is 10.6 Å². The number of methoxy groups -OCH3 is 1. The zero-order chi connectivity index (χ0) is 35.2. The number of carbonyl (C=O) groups is 3. The molecule has 2 aliphatic rings. The summed E-state index contributed by atoms with van der Waals surface area (Å²) in [7, 11) is 5.48. The van der Waals surface area contributed by atoms with Crippen LogP contribution in [0.2, 0.25) is 0 Å². The second-order valence-electron chi connectivity index (χ2n) is 12.2. The van der Waals surface area contributed by atoms with Gasteiger partial charge in [-0.2, -0.15) is 0 Å². The number of ether oxygens (including phenoxy) is 1. The number of benzene rings is 1. The van der Waals surface area contributed by atoms with Crippen LogP contribution in [0.4, 0.5) is 5.69 Å². The predicted octanol–water partition coefficient (Wildman–Crippen LogP) is 7.98. The number of nitrogens with zero attached hydrogens (tertiary/aromatic N) is 2. The van der Waals surface area contributed by atoms with Gasteiger partial charge in [-0.3, -0.25) is 19.4 Å². The van der Waals surface area contributed by atoms with Gasteiger partial charge in [0.25, 0.3) is 0 Å². The maximum atomic E-state index is 11.0. The van der Waals surface area contributed by atoms with Crippen molar-refractivity contribution < 1.29 is 19.1 Å². The second-order valence-corrected chi connectivity index (χ2v) is 13.2. The molecule has 0 spiro atoms. The Labute approximate surface area is 285 Å². The molecule has 0 aromatic heterocycles. The molecule has 0 saturated carbocycles. The smallest absolute Gasteiger partial charge is 0.156 e. The van der Waals surface area contributed by atoms with Crippen molar-refractivity contribution in [2.45, 2.75) is 86.5 Å². The molecule has 1 fully saturated rings. The summed E-state index contributed by atoms with van der Waals surface area (Å²) in [5.74, 6) is 1.83. The average Bonchev–Trinajstić information content (AvgIpc) is 3.63. The first-order valence-electron chi connectivity index (χ1n) is 16.6. The third-order valence-electron chi connectivity index (χ3n) is 6.53. The summed E-state index contributed by atoms with van der Waals surface area (Å²) in [5, 5.41) is 8.19. The minimum atomic E-state index is 0.151. The molecule has 8 nitrogen and oxygen atoms in total. The molecule has 1 aromatic rings. The van der Waals surface area contributed by atoms with Gasteiger partial charge < -0.3 is 20.3 Å². The molecule has 2 N–H and O–H groups in total. The molecular formula is C37H64N4O4S. The number of carbonyl (C=O) groups excluding carboxylic acids is 3. The van der Waals surface area contributed by atoms with Crippen LogP contribution >= 0.6 is 11.8 Å². The molecule has 3 rings (SSSR count). The van der Waals surface area contributed by atoms with Crippen molar-refractivity contribution in [2.75, 3.05) is 59.3 Å². The van der Waals surface area contributed by atoms with Gasteiger partial charge in [-0.25, -0.2) is 0 Å². The average molecular weight is 661 g/mol. The number of aliphatic imine (C=N–C) groups is 1. The van der Waals surface area contributed by atoms with Crippen LogP contribution in [0.3, 0.4) is 0 Å². The van der Waals surface area contributed by atoms with E-state index in [1.165, 1.54) is 69.2 Å². The molecule has 0 unspecified atom stereocenters. The summed E-state index contributed by atoms with van der Waals surface area (Å²) < 4.78 is 4.25. The Balaban J connectivity index is 0. The van der Waals surface area contributed by atoms with Gasteiger partial charge >= 0.3 is 0 Å². The van der Waals surface area contributed by atoms with E-state index in [1.807, 2.05) is 25.1 Å². The van der Waals surface area contributed by atoms with Crippen molar-refractivity contribution in [2.24, 2.45) is 16.8 Å². The fourth-order valence-corrected chi connectivity index (χ4v) is 4.17. The first-order valence-corrected chi connectivity index (χ1v) is 17.4. The maximum Gasteiger partial charge on any atom is 0.156 e. The first kappa shape index (κ1) is 45.5. The highest BCUT2D eigenvalue weighted by Gasteiger charge is 2.08. The molecule has 0 aliphatic carbocycles. The maximum absolute atomic E-state index is 11.0. The van der Waals surface area contributed by atoms with Crippen molar-refractivity contribution >= 4 is 42.0 Å². The van der Waals surface area contributed by atoms with Gasteiger partial charge in [0, 0.05) is 56.0 Å². The van der Waals surface area contributed by atoms with E-state index in [0.29, 0.717) is 29.7 Å². The van der Waals surface area contributed by atoms with Crippen LogP contribution in [-0.4, -0.2) is 83.5 Å². The Kier molecular flexibility index (Phi) is 30.7. The highest BCUT2D eigenvalue weighted by molar-refractivity contribution is 8.06. The van der Waals surface area contributed by atoms with Crippen LogP contribution in [0.25, 0.3) is 0 Å². The third-order valence-corrected chi connectivity index (χ3v) is 7.32. The zero-order valence-electron chi connectivity index (χ0n) is 30.3. The molecule has 262 valence electrons. The Morgan fingerprint density at radius 2 is 1.70 bits per heavy atom. The lowest BCUT2D eigenvalue weighted by atomic mass is 10.1. The van der Waals surface area contributed by atoms with Gasteiger partial charge in [-0.05, 0) is 101 Å².